The fraction of sp³-hybridized carbons (Fsp3) is 0.182. The number of halogens is 4. The summed E-state index contributed by atoms with van der Waals surface area (Å²) in [5, 5.41) is 4.96. The molecule has 0 spiro atoms. The second kappa shape index (κ2) is 9.93. The molecule has 178 valence electrons. The van der Waals surface area contributed by atoms with E-state index in [9.17, 15) is 27.2 Å². The van der Waals surface area contributed by atoms with E-state index in [1.54, 1.807) is 0 Å². The van der Waals surface area contributed by atoms with E-state index in [-0.39, 0.29) is 33.9 Å². The van der Waals surface area contributed by atoms with Crippen molar-refractivity contribution in [3.63, 3.8) is 0 Å². The number of nitrogens with one attached hydrogen (secondary N) is 2. The summed E-state index contributed by atoms with van der Waals surface area (Å²) in [7, 11) is 0. The van der Waals surface area contributed by atoms with Crippen molar-refractivity contribution in [3.05, 3.63) is 83.4 Å². The van der Waals surface area contributed by atoms with Crippen molar-refractivity contribution >= 4 is 23.2 Å². The average molecular weight is 476 g/mol. The zero-order valence-corrected chi connectivity index (χ0v) is 17.6. The topological polar surface area (TPSA) is 136 Å². The third kappa shape index (κ3) is 5.71. The molecule has 3 aromatic rings. The van der Waals surface area contributed by atoms with E-state index in [4.69, 9.17) is 11.5 Å². The summed E-state index contributed by atoms with van der Waals surface area (Å²) in [6, 6.07) is 10.8. The normalized spacial score (nSPS) is 11.7. The molecule has 3 rings (SSSR count). The molecular formula is C22H20F4N6O2. The van der Waals surface area contributed by atoms with Gasteiger partial charge < -0.3 is 22.1 Å². The van der Waals surface area contributed by atoms with Crippen LogP contribution in [0.25, 0.3) is 0 Å². The summed E-state index contributed by atoms with van der Waals surface area (Å²) in [5.41, 5.74) is 9.63. The van der Waals surface area contributed by atoms with E-state index in [0.29, 0.717) is 0 Å². The molecule has 12 heteroatoms. The first-order chi connectivity index (χ1) is 16.1. The molecule has 8 nitrogen and oxygen atoms in total. The predicted molar refractivity (Wildman–Crippen MR) is 117 cm³/mol. The fourth-order valence-corrected chi connectivity index (χ4v) is 2.83. The Morgan fingerprint density at radius 1 is 0.706 bits per heavy atom. The molecule has 1 heterocycles. The summed E-state index contributed by atoms with van der Waals surface area (Å²) < 4.78 is 54.4. The van der Waals surface area contributed by atoms with Crippen LogP contribution in [-0.2, 0) is 11.8 Å². The molecule has 0 unspecified atom stereocenters. The molecular weight excluding hydrogens is 456 g/mol. The lowest BCUT2D eigenvalue weighted by molar-refractivity contribution is 0.00545. The van der Waals surface area contributed by atoms with Crippen molar-refractivity contribution in [2.45, 2.75) is 11.8 Å². The van der Waals surface area contributed by atoms with Crippen molar-refractivity contribution in [2.24, 2.45) is 11.5 Å². The van der Waals surface area contributed by atoms with Crippen LogP contribution in [0.4, 0.5) is 28.9 Å². The van der Waals surface area contributed by atoms with Gasteiger partial charge in [0, 0.05) is 28.6 Å². The quantitative estimate of drug-likeness (QED) is 0.369. The first kappa shape index (κ1) is 24.7. The minimum atomic E-state index is -3.19. The first-order valence-electron chi connectivity index (χ1n) is 9.87. The van der Waals surface area contributed by atoms with Gasteiger partial charge in [0.05, 0.1) is 13.1 Å². The Morgan fingerprint density at radius 3 is 1.38 bits per heavy atom. The molecule has 2 amide bonds. The average Bonchev–Trinajstić information content (AvgIpc) is 2.84. The number of anilines is 2. The Hall–Kier alpha value is -3.90. The number of amides is 2. The number of rotatable bonds is 8. The summed E-state index contributed by atoms with van der Waals surface area (Å²) in [6.45, 7) is -1.70. The van der Waals surface area contributed by atoms with Gasteiger partial charge in [0.25, 0.3) is 23.7 Å². The van der Waals surface area contributed by atoms with E-state index in [1.165, 1.54) is 24.3 Å². The van der Waals surface area contributed by atoms with Crippen LogP contribution in [0.1, 0.15) is 32.1 Å². The van der Waals surface area contributed by atoms with Gasteiger partial charge in [-0.15, -0.1) is 0 Å². The highest BCUT2D eigenvalue weighted by Gasteiger charge is 2.30. The van der Waals surface area contributed by atoms with Crippen LogP contribution in [0.5, 0.6) is 0 Å². The van der Waals surface area contributed by atoms with Gasteiger partial charge in [0.1, 0.15) is 17.7 Å². The highest BCUT2D eigenvalue weighted by Crippen LogP contribution is 2.28. The van der Waals surface area contributed by atoms with E-state index in [2.05, 4.69) is 20.6 Å². The third-order valence-electron chi connectivity index (χ3n) is 4.78. The molecule has 6 N–H and O–H groups in total. The van der Waals surface area contributed by atoms with Gasteiger partial charge in [-0.2, -0.15) is 17.6 Å². The number of carbonyl (C=O) groups excluding carboxylic acids is 2. The minimum Gasteiger partial charge on any atom is -0.325 e. The molecule has 34 heavy (non-hydrogen) atoms. The maximum absolute atomic E-state index is 13.6. The van der Waals surface area contributed by atoms with Crippen LogP contribution in [0, 0.1) is 0 Å². The molecule has 0 radical (unpaired) electrons. The summed E-state index contributed by atoms with van der Waals surface area (Å²) in [6.07, 6.45) is 1.000. The number of benzene rings is 2. The Balaban J connectivity index is 1.68. The molecule has 0 fully saturated rings. The van der Waals surface area contributed by atoms with Gasteiger partial charge >= 0.3 is 0 Å². The number of nitrogens with two attached hydrogens (primary N) is 2. The molecule has 0 aliphatic carbocycles. The van der Waals surface area contributed by atoms with Gasteiger partial charge in [-0.25, -0.2) is 9.97 Å². The van der Waals surface area contributed by atoms with Crippen molar-refractivity contribution < 1.29 is 27.2 Å². The number of aromatic nitrogens is 2. The second-order valence-corrected chi connectivity index (χ2v) is 7.17. The van der Waals surface area contributed by atoms with Gasteiger partial charge in [-0.05, 0) is 24.3 Å². The molecule has 0 bridgehead atoms. The van der Waals surface area contributed by atoms with Crippen LogP contribution in [0.3, 0.4) is 0 Å². The standard InChI is InChI=1S/C22H20F4N6O2/c23-21(24,10-27)13-1-5-15(6-2-13)31-19(33)17-9-18(30-12-29-17)20(34)32-16-7-3-14(4-8-16)22(25,26)11-28/h1-9,12H,10-11,27-28H2,(H,31,33)(H,32,34). The van der Waals surface area contributed by atoms with Crippen LogP contribution >= 0.6 is 0 Å². The van der Waals surface area contributed by atoms with E-state index in [0.717, 1.165) is 36.7 Å². The zero-order valence-electron chi connectivity index (χ0n) is 17.6. The summed E-state index contributed by atoms with van der Waals surface area (Å²) in [5.74, 6) is -7.79. The number of hydrogen-bond acceptors (Lipinski definition) is 6. The van der Waals surface area contributed by atoms with Crippen molar-refractivity contribution in [2.75, 3.05) is 23.7 Å². The Morgan fingerprint density at radius 2 is 1.06 bits per heavy atom. The first-order valence-corrected chi connectivity index (χ1v) is 9.87. The SMILES string of the molecule is NCC(F)(F)c1ccc(NC(=O)c2cc(C(=O)Nc3ccc(C(F)(F)CN)cc3)ncn2)cc1. The maximum atomic E-state index is 13.6. The van der Waals surface area contributed by atoms with Crippen LogP contribution in [0.2, 0.25) is 0 Å². The maximum Gasteiger partial charge on any atom is 0.285 e. The fourth-order valence-electron chi connectivity index (χ4n) is 2.83. The lowest BCUT2D eigenvalue weighted by Gasteiger charge is -2.15. The van der Waals surface area contributed by atoms with Crippen molar-refractivity contribution in [1.82, 2.24) is 9.97 Å². The Kier molecular flexibility index (Phi) is 7.23. The smallest absolute Gasteiger partial charge is 0.285 e. The largest absolute Gasteiger partial charge is 0.325 e. The Labute approximate surface area is 191 Å². The highest BCUT2D eigenvalue weighted by atomic mass is 19.3. The van der Waals surface area contributed by atoms with Crippen molar-refractivity contribution in [3.8, 4) is 0 Å². The monoisotopic (exact) mass is 476 g/mol. The van der Waals surface area contributed by atoms with Crippen LogP contribution in [-0.4, -0.2) is 34.9 Å². The van der Waals surface area contributed by atoms with Gasteiger partial charge in [-0.3, -0.25) is 9.59 Å². The van der Waals surface area contributed by atoms with E-state index >= 15 is 0 Å². The lowest BCUT2D eigenvalue weighted by atomic mass is 10.1. The summed E-state index contributed by atoms with van der Waals surface area (Å²) >= 11 is 0. The molecule has 0 aliphatic rings. The highest BCUT2D eigenvalue weighted by molar-refractivity contribution is 6.06. The molecule has 1 aromatic heterocycles. The number of hydrogen-bond donors (Lipinski definition) is 4. The lowest BCUT2D eigenvalue weighted by Crippen LogP contribution is -2.25. The van der Waals surface area contributed by atoms with E-state index < -0.39 is 36.7 Å². The number of carbonyl (C=O) groups is 2. The second-order valence-electron chi connectivity index (χ2n) is 7.17. The number of alkyl halides is 4. The van der Waals surface area contributed by atoms with Crippen LogP contribution in [0.15, 0.2) is 60.9 Å². The molecule has 0 saturated heterocycles. The minimum absolute atomic E-state index is 0.158. The molecule has 0 atom stereocenters. The molecule has 2 aromatic carbocycles. The van der Waals surface area contributed by atoms with Gasteiger partial charge in [-0.1, -0.05) is 24.3 Å². The third-order valence-corrected chi connectivity index (χ3v) is 4.78. The molecule has 0 saturated carbocycles. The zero-order chi connectivity index (χ0) is 24.9. The van der Waals surface area contributed by atoms with E-state index in [1.807, 2.05) is 0 Å². The molecule has 0 aliphatic heterocycles. The van der Waals surface area contributed by atoms with Crippen LogP contribution < -0.4 is 22.1 Å². The summed E-state index contributed by atoms with van der Waals surface area (Å²) in [4.78, 5) is 32.5. The Bertz CT molecular complexity index is 1080. The van der Waals surface area contributed by atoms with Gasteiger partial charge in [0.2, 0.25) is 0 Å². The predicted octanol–water partition coefficient (Wildman–Crippen LogP) is 3.08. The van der Waals surface area contributed by atoms with Gasteiger partial charge in [0.15, 0.2) is 0 Å². The number of nitrogens with zero attached hydrogens (tertiary/aromatic N) is 2. The van der Waals surface area contributed by atoms with Crippen molar-refractivity contribution in [1.29, 1.82) is 0 Å².